The second-order valence-corrected chi connectivity index (χ2v) is 9.91. The van der Waals surface area contributed by atoms with Crippen LogP contribution in [0.25, 0.3) is 23.1 Å². The zero-order valence-corrected chi connectivity index (χ0v) is 23.7. The first kappa shape index (κ1) is 30.1. The molecule has 0 saturated carbocycles. The highest BCUT2D eigenvalue weighted by Crippen LogP contribution is 2.33. The highest BCUT2D eigenvalue weighted by atomic mass is 19.1. The van der Waals surface area contributed by atoms with E-state index in [1.54, 1.807) is 17.6 Å². The number of halogens is 1. The fourth-order valence-corrected chi connectivity index (χ4v) is 4.86. The predicted octanol–water partition coefficient (Wildman–Crippen LogP) is 7.07. The lowest BCUT2D eigenvalue weighted by Gasteiger charge is -2.08. The van der Waals surface area contributed by atoms with Gasteiger partial charge in [0.05, 0.1) is 5.52 Å². The maximum atomic E-state index is 15.1. The molecule has 0 spiro atoms. The Hall–Kier alpha value is -4.85. The van der Waals surface area contributed by atoms with Gasteiger partial charge >= 0.3 is 11.9 Å². The zero-order chi connectivity index (χ0) is 30.1. The van der Waals surface area contributed by atoms with E-state index < -0.39 is 17.8 Å². The number of hydrogen-bond donors (Lipinski definition) is 2. The number of fused-ring (bicyclic) bond motifs is 1. The number of hydrogen-bond acceptors (Lipinski definition) is 4. The molecule has 218 valence electrons. The summed E-state index contributed by atoms with van der Waals surface area (Å²) in [7, 11) is 0. The Morgan fingerprint density at radius 1 is 0.881 bits per heavy atom. The molecule has 4 rings (SSSR count). The Balaban J connectivity index is 1.45. The third-order valence-electron chi connectivity index (χ3n) is 6.96. The van der Waals surface area contributed by atoms with Crippen LogP contribution in [-0.2, 0) is 22.6 Å². The van der Waals surface area contributed by atoms with E-state index in [-0.39, 0.29) is 13.0 Å². The zero-order valence-electron chi connectivity index (χ0n) is 23.7. The van der Waals surface area contributed by atoms with Gasteiger partial charge in [0.25, 0.3) is 0 Å². The molecule has 0 atom stereocenters. The molecule has 7 nitrogen and oxygen atoms in total. The first-order chi connectivity index (χ1) is 20.2. The molecule has 1 aromatic heterocycles. The Bertz CT molecular complexity index is 1620. The monoisotopic (exact) mass is 571 g/mol. The van der Waals surface area contributed by atoms with Crippen LogP contribution in [0.2, 0.25) is 0 Å². The lowest BCUT2D eigenvalue weighted by atomic mass is 10.0. The third-order valence-corrected chi connectivity index (χ3v) is 6.96. The van der Waals surface area contributed by atoms with E-state index in [0.29, 0.717) is 59.5 Å². The van der Waals surface area contributed by atoms with Crippen molar-refractivity contribution in [2.45, 2.75) is 39.7 Å². The van der Waals surface area contributed by atoms with Crippen LogP contribution in [0, 0.1) is 19.7 Å². The summed E-state index contributed by atoms with van der Waals surface area (Å²) < 4.78 is 28.2. The van der Waals surface area contributed by atoms with Crippen molar-refractivity contribution in [1.29, 1.82) is 0 Å². The molecular formula is C34H34FNO6. The van der Waals surface area contributed by atoms with Crippen LogP contribution in [0.15, 0.2) is 72.8 Å². The summed E-state index contributed by atoms with van der Waals surface area (Å²) in [6, 6.07) is 18.4. The molecule has 42 heavy (non-hydrogen) atoms. The van der Waals surface area contributed by atoms with Gasteiger partial charge < -0.3 is 24.3 Å². The fourth-order valence-electron chi connectivity index (χ4n) is 4.86. The summed E-state index contributed by atoms with van der Waals surface area (Å²) >= 11 is 0. The van der Waals surface area contributed by atoms with Crippen molar-refractivity contribution in [1.82, 2.24) is 4.57 Å². The molecule has 0 aliphatic carbocycles. The molecule has 0 aliphatic heterocycles. The van der Waals surface area contributed by atoms with E-state index in [0.717, 1.165) is 16.9 Å². The van der Waals surface area contributed by atoms with Gasteiger partial charge in [-0.15, -0.1) is 0 Å². The number of nitrogens with zero attached hydrogens (tertiary/aromatic N) is 1. The topological polar surface area (TPSA) is 98.0 Å². The van der Waals surface area contributed by atoms with E-state index >= 15 is 4.39 Å². The van der Waals surface area contributed by atoms with Gasteiger partial charge in [-0.25, -0.2) is 4.39 Å². The molecule has 3 aromatic carbocycles. The summed E-state index contributed by atoms with van der Waals surface area (Å²) in [5, 5.41) is 18.9. The van der Waals surface area contributed by atoms with Crippen molar-refractivity contribution < 1.29 is 33.7 Å². The highest BCUT2D eigenvalue weighted by molar-refractivity contribution is 5.95. The lowest BCUT2D eigenvalue weighted by Crippen LogP contribution is -2.10. The SMILES string of the molecule is Cc1ccccc1OC/C=C/COc1ccc(C=Cc2ccc(F)c3c(CCCC(=O)O)c(C)n(CC(=O)O)c23)cc1. The first-order valence-electron chi connectivity index (χ1n) is 13.7. The summed E-state index contributed by atoms with van der Waals surface area (Å²) in [6.07, 6.45) is 8.12. The first-order valence-corrected chi connectivity index (χ1v) is 13.7. The van der Waals surface area contributed by atoms with E-state index in [9.17, 15) is 14.7 Å². The number of carbonyl (C=O) groups is 2. The maximum Gasteiger partial charge on any atom is 0.323 e. The summed E-state index contributed by atoms with van der Waals surface area (Å²) in [4.78, 5) is 22.7. The van der Waals surface area contributed by atoms with Crippen molar-refractivity contribution in [3.8, 4) is 11.5 Å². The van der Waals surface area contributed by atoms with Gasteiger partial charge in [0.15, 0.2) is 0 Å². The minimum absolute atomic E-state index is 0.0509. The van der Waals surface area contributed by atoms with Gasteiger partial charge in [-0.1, -0.05) is 42.5 Å². The number of benzene rings is 3. The number of ether oxygens (including phenoxy) is 2. The van der Waals surface area contributed by atoms with Crippen molar-refractivity contribution in [2.24, 2.45) is 0 Å². The summed E-state index contributed by atoms with van der Waals surface area (Å²) in [6.45, 7) is 4.27. The Kier molecular flexibility index (Phi) is 10.2. The van der Waals surface area contributed by atoms with Crippen LogP contribution in [0.3, 0.4) is 0 Å². The summed E-state index contributed by atoms with van der Waals surface area (Å²) in [5.74, 6) is -0.873. The van der Waals surface area contributed by atoms with Crippen molar-refractivity contribution >= 4 is 35.0 Å². The number of aryl methyl sites for hydroxylation is 2. The van der Waals surface area contributed by atoms with Crippen LogP contribution in [0.1, 0.15) is 40.8 Å². The van der Waals surface area contributed by atoms with Crippen LogP contribution >= 0.6 is 0 Å². The number of carboxylic acids is 2. The van der Waals surface area contributed by atoms with Gasteiger partial charge in [-0.05, 0) is 91.4 Å². The van der Waals surface area contributed by atoms with E-state index in [1.165, 1.54) is 6.07 Å². The van der Waals surface area contributed by atoms with E-state index in [1.807, 2.05) is 79.8 Å². The number of aromatic nitrogens is 1. The third kappa shape index (κ3) is 7.66. The smallest absolute Gasteiger partial charge is 0.323 e. The minimum atomic E-state index is -1.05. The second kappa shape index (κ2) is 14.2. The minimum Gasteiger partial charge on any atom is -0.490 e. The van der Waals surface area contributed by atoms with Crippen LogP contribution in [0.4, 0.5) is 4.39 Å². The highest BCUT2D eigenvalue weighted by Gasteiger charge is 2.21. The molecule has 0 fully saturated rings. The van der Waals surface area contributed by atoms with Gasteiger partial charge in [-0.3, -0.25) is 9.59 Å². The van der Waals surface area contributed by atoms with Crippen LogP contribution in [0.5, 0.6) is 11.5 Å². The normalized spacial score (nSPS) is 11.5. The quantitative estimate of drug-likeness (QED) is 0.124. The molecule has 2 N–H and O–H groups in total. The number of rotatable bonds is 14. The lowest BCUT2D eigenvalue weighted by molar-refractivity contribution is -0.138. The van der Waals surface area contributed by atoms with Crippen molar-refractivity contribution in [3.05, 3.63) is 107 Å². The van der Waals surface area contributed by atoms with Gasteiger partial charge in [0.2, 0.25) is 0 Å². The number of para-hydroxylation sites is 1. The fraction of sp³-hybridized carbons (Fsp3) is 0.235. The van der Waals surface area contributed by atoms with Crippen LogP contribution < -0.4 is 9.47 Å². The summed E-state index contributed by atoms with van der Waals surface area (Å²) in [5.41, 5.74) is 4.37. The predicted molar refractivity (Wildman–Crippen MR) is 162 cm³/mol. The molecule has 0 bridgehead atoms. The van der Waals surface area contributed by atoms with E-state index in [2.05, 4.69) is 0 Å². The number of aliphatic carboxylic acids is 2. The number of carboxylic acid groups (broad SMARTS) is 2. The Morgan fingerprint density at radius 3 is 2.29 bits per heavy atom. The molecule has 0 radical (unpaired) electrons. The van der Waals surface area contributed by atoms with Gasteiger partial charge in [0, 0.05) is 17.5 Å². The molecule has 1 heterocycles. The molecule has 0 saturated heterocycles. The largest absolute Gasteiger partial charge is 0.490 e. The Labute approximate surface area is 244 Å². The van der Waals surface area contributed by atoms with Crippen molar-refractivity contribution in [2.75, 3.05) is 13.2 Å². The standard InChI is InChI=1S/C34H34FNO6/c1-23-8-3-4-10-30(23)42-21-6-5-20-41-27-17-13-25(14-18-27)12-15-26-16-19-29(35)33-28(9-7-11-31(37)38)24(2)36(34(26)33)22-32(39)40/h3-6,8,10,12-19H,7,9,11,20-22H2,1-2H3,(H,37,38)(H,39,40)/b6-5+,15-12?. The van der Waals surface area contributed by atoms with Crippen LogP contribution in [-0.4, -0.2) is 39.9 Å². The molecule has 0 aliphatic rings. The van der Waals surface area contributed by atoms with Crippen molar-refractivity contribution in [3.63, 3.8) is 0 Å². The second-order valence-electron chi connectivity index (χ2n) is 9.91. The molecule has 0 unspecified atom stereocenters. The molecule has 0 amide bonds. The molecule has 8 heteroatoms. The van der Waals surface area contributed by atoms with E-state index in [4.69, 9.17) is 14.6 Å². The average Bonchev–Trinajstić information content (AvgIpc) is 3.23. The average molecular weight is 572 g/mol. The Morgan fingerprint density at radius 2 is 1.60 bits per heavy atom. The maximum absolute atomic E-state index is 15.1. The van der Waals surface area contributed by atoms with Gasteiger partial charge in [-0.2, -0.15) is 0 Å². The molecular weight excluding hydrogens is 537 g/mol. The molecule has 4 aromatic rings. The van der Waals surface area contributed by atoms with Gasteiger partial charge in [0.1, 0.15) is 37.1 Å².